The number of fused-ring (bicyclic) bond motifs is 1. The van der Waals surface area contributed by atoms with Gasteiger partial charge in [-0.1, -0.05) is 0 Å². The Balaban J connectivity index is 2.24. The molecule has 2 rings (SSSR count). The molecular formula is C12H15BrFNO2. The molecule has 94 valence electrons. The maximum atomic E-state index is 14.0. The smallest absolute Gasteiger partial charge is 0.178 e. The normalized spacial score (nSPS) is 13.8. The van der Waals surface area contributed by atoms with Crippen molar-refractivity contribution in [3.8, 4) is 11.5 Å². The summed E-state index contributed by atoms with van der Waals surface area (Å²) in [5.74, 6) is 0.829. The van der Waals surface area contributed by atoms with E-state index in [0.29, 0.717) is 47.7 Å². The minimum Gasteiger partial charge on any atom is -0.486 e. The van der Waals surface area contributed by atoms with E-state index in [1.54, 1.807) is 6.07 Å². The van der Waals surface area contributed by atoms with E-state index >= 15 is 0 Å². The monoisotopic (exact) mass is 303 g/mol. The summed E-state index contributed by atoms with van der Waals surface area (Å²) in [5.41, 5.74) is 6.07. The van der Waals surface area contributed by atoms with Crippen LogP contribution in [0.2, 0.25) is 0 Å². The van der Waals surface area contributed by atoms with Crippen LogP contribution in [0, 0.1) is 5.82 Å². The Bertz CT molecular complexity index is 412. The predicted octanol–water partition coefficient (Wildman–Crippen LogP) is 2.64. The van der Waals surface area contributed by atoms with E-state index < -0.39 is 0 Å². The van der Waals surface area contributed by atoms with Crippen molar-refractivity contribution < 1.29 is 13.9 Å². The van der Waals surface area contributed by atoms with Gasteiger partial charge in [-0.15, -0.1) is 0 Å². The lowest BCUT2D eigenvalue weighted by atomic mass is 10.1. The van der Waals surface area contributed by atoms with Crippen molar-refractivity contribution in [1.29, 1.82) is 0 Å². The van der Waals surface area contributed by atoms with Crippen molar-refractivity contribution in [2.45, 2.75) is 19.3 Å². The molecule has 0 fully saturated rings. The number of unbranched alkanes of at least 4 members (excludes halogenated alkanes) is 1. The van der Waals surface area contributed by atoms with Gasteiger partial charge in [-0.3, -0.25) is 0 Å². The van der Waals surface area contributed by atoms with Crippen molar-refractivity contribution in [2.75, 3.05) is 19.8 Å². The molecule has 1 aromatic carbocycles. The Morgan fingerprint density at radius 1 is 1.29 bits per heavy atom. The molecule has 1 aliphatic heterocycles. The van der Waals surface area contributed by atoms with Gasteiger partial charge in [0.2, 0.25) is 0 Å². The van der Waals surface area contributed by atoms with E-state index in [4.69, 9.17) is 15.2 Å². The summed E-state index contributed by atoms with van der Waals surface area (Å²) in [6.07, 6.45) is 2.43. The predicted molar refractivity (Wildman–Crippen MR) is 67.1 cm³/mol. The van der Waals surface area contributed by atoms with Crippen molar-refractivity contribution in [1.82, 2.24) is 0 Å². The van der Waals surface area contributed by atoms with Gasteiger partial charge >= 0.3 is 0 Å². The van der Waals surface area contributed by atoms with E-state index in [1.807, 2.05) is 0 Å². The summed E-state index contributed by atoms with van der Waals surface area (Å²) >= 11 is 3.22. The minimum atomic E-state index is -0.258. The van der Waals surface area contributed by atoms with Crippen LogP contribution in [-0.2, 0) is 6.42 Å². The van der Waals surface area contributed by atoms with Crippen LogP contribution in [-0.4, -0.2) is 19.8 Å². The topological polar surface area (TPSA) is 44.5 Å². The number of benzene rings is 1. The molecule has 2 N–H and O–H groups in total. The lowest BCUT2D eigenvalue weighted by Crippen LogP contribution is -2.16. The molecule has 17 heavy (non-hydrogen) atoms. The standard InChI is InChI=1S/C12H15BrFNO2/c13-10-11(14)8(3-1-2-4-15)7-9-12(10)17-6-5-16-9/h7H,1-6,15H2. The first kappa shape index (κ1) is 12.6. The average Bonchev–Trinajstić information content (AvgIpc) is 2.35. The fourth-order valence-electron chi connectivity index (χ4n) is 1.81. The summed E-state index contributed by atoms with van der Waals surface area (Å²) in [7, 11) is 0. The SMILES string of the molecule is NCCCCc1cc2c(c(Br)c1F)OCCO2. The second-order valence-corrected chi connectivity index (χ2v) is 4.73. The van der Waals surface area contributed by atoms with Crippen LogP contribution in [0.4, 0.5) is 4.39 Å². The summed E-state index contributed by atoms with van der Waals surface area (Å²) < 4.78 is 25.2. The third-order valence-electron chi connectivity index (χ3n) is 2.69. The van der Waals surface area contributed by atoms with Crippen molar-refractivity contribution in [3.63, 3.8) is 0 Å². The summed E-state index contributed by atoms with van der Waals surface area (Å²) in [5, 5.41) is 0. The highest BCUT2D eigenvalue weighted by Gasteiger charge is 2.21. The summed E-state index contributed by atoms with van der Waals surface area (Å²) in [4.78, 5) is 0. The van der Waals surface area contributed by atoms with E-state index in [2.05, 4.69) is 15.9 Å². The minimum absolute atomic E-state index is 0.258. The van der Waals surface area contributed by atoms with Crippen LogP contribution in [0.3, 0.4) is 0 Å². The number of hydrogen-bond acceptors (Lipinski definition) is 3. The first-order valence-electron chi connectivity index (χ1n) is 5.70. The van der Waals surface area contributed by atoms with Gasteiger partial charge in [0, 0.05) is 0 Å². The number of hydrogen-bond donors (Lipinski definition) is 1. The zero-order valence-corrected chi connectivity index (χ0v) is 11.1. The second kappa shape index (κ2) is 5.69. The van der Waals surface area contributed by atoms with Crippen LogP contribution in [0.5, 0.6) is 11.5 Å². The van der Waals surface area contributed by atoms with Gasteiger partial charge in [-0.05, 0) is 53.4 Å². The molecule has 0 aromatic heterocycles. The van der Waals surface area contributed by atoms with Crippen LogP contribution in [0.15, 0.2) is 10.5 Å². The molecule has 5 heteroatoms. The number of halogens is 2. The maximum Gasteiger partial charge on any atom is 0.178 e. The van der Waals surface area contributed by atoms with E-state index in [-0.39, 0.29) is 5.82 Å². The summed E-state index contributed by atoms with van der Waals surface area (Å²) in [6.45, 7) is 1.60. The molecule has 0 atom stereocenters. The van der Waals surface area contributed by atoms with Gasteiger partial charge in [0.15, 0.2) is 11.5 Å². The third-order valence-corrected chi connectivity index (χ3v) is 3.40. The molecule has 0 saturated heterocycles. The highest BCUT2D eigenvalue weighted by molar-refractivity contribution is 9.10. The van der Waals surface area contributed by atoms with Crippen LogP contribution >= 0.6 is 15.9 Å². The Labute approximate surface area is 108 Å². The lowest BCUT2D eigenvalue weighted by Gasteiger charge is -2.21. The Morgan fingerprint density at radius 3 is 2.82 bits per heavy atom. The number of nitrogens with two attached hydrogens (primary N) is 1. The highest BCUT2D eigenvalue weighted by atomic mass is 79.9. The first-order chi connectivity index (χ1) is 8.24. The second-order valence-electron chi connectivity index (χ2n) is 3.93. The number of aryl methyl sites for hydroxylation is 1. The zero-order chi connectivity index (χ0) is 12.3. The molecule has 0 spiro atoms. The molecule has 1 aromatic rings. The Kier molecular flexibility index (Phi) is 4.23. The highest BCUT2D eigenvalue weighted by Crippen LogP contribution is 2.41. The van der Waals surface area contributed by atoms with E-state index in [1.165, 1.54) is 0 Å². The Morgan fingerprint density at radius 2 is 2.06 bits per heavy atom. The molecule has 1 heterocycles. The molecule has 1 aliphatic rings. The van der Waals surface area contributed by atoms with Crippen LogP contribution in [0.25, 0.3) is 0 Å². The molecule has 0 radical (unpaired) electrons. The van der Waals surface area contributed by atoms with Gasteiger partial charge in [0.25, 0.3) is 0 Å². The maximum absolute atomic E-state index is 14.0. The fraction of sp³-hybridized carbons (Fsp3) is 0.500. The molecule has 0 aliphatic carbocycles. The van der Waals surface area contributed by atoms with Crippen molar-refractivity contribution in [2.24, 2.45) is 5.73 Å². The van der Waals surface area contributed by atoms with E-state index in [0.717, 1.165) is 12.8 Å². The third kappa shape index (κ3) is 2.72. The molecule has 0 unspecified atom stereocenters. The van der Waals surface area contributed by atoms with Crippen LogP contribution in [0.1, 0.15) is 18.4 Å². The average molecular weight is 304 g/mol. The zero-order valence-electron chi connectivity index (χ0n) is 9.47. The number of ether oxygens (including phenoxy) is 2. The van der Waals surface area contributed by atoms with Gasteiger partial charge in [-0.25, -0.2) is 4.39 Å². The number of rotatable bonds is 4. The van der Waals surface area contributed by atoms with Gasteiger partial charge in [-0.2, -0.15) is 0 Å². The molecular weight excluding hydrogens is 289 g/mol. The van der Waals surface area contributed by atoms with Crippen LogP contribution < -0.4 is 15.2 Å². The van der Waals surface area contributed by atoms with Gasteiger partial charge < -0.3 is 15.2 Å². The van der Waals surface area contributed by atoms with Crippen molar-refractivity contribution >= 4 is 15.9 Å². The molecule has 0 saturated carbocycles. The molecule has 0 bridgehead atoms. The van der Waals surface area contributed by atoms with Gasteiger partial charge in [0.1, 0.15) is 19.0 Å². The quantitative estimate of drug-likeness (QED) is 0.870. The fourth-order valence-corrected chi connectivity index (χ4v) is 2.38. The van der Waals surface area contributed by atoms with Gasteiger partial charge in [0.05, 0.1) is 4.47 Å². The summed E-state index contributed by atoms with van der Waals surface area (Å²) in [6, 6.07) is 1.73. The van der Waals surface area contributed by atoms with Crippen molar-refractivity contribution in [3.05, 3.63) is 21.9 Å². The molecule has 3 nitrogen and oxygen atoms in total. The lowest BCUT2D eigenvalue weighted by molar-refractivity contribution is 0.169. The Hall–Kier alpha value is -0.810. The van der Waals surface area contributed by atoms with E-state index in [9.17, 15) is 4.39 Å². The first-order valence-corrected chi connectivity index (χ1v) is 6.50. The molecule has 0 amide bonds. The largest absolute Gasteiger partial charge is 0.486 e.